The Labute approximate surface area is 156 Å². The molecule has 126 valence electrons. The number of carbonyl (C=O) groups excluding carboxylic acids is 1. The third-order valence-corrected chi connectivity index (χ3v) is 4.55. The molecule has 0 radical (unpaired) electrons. The zero-order chi connectivity index (χ0) is 17.9. The quantitative estimate of drug-likeness (QED) is 0.376. The largest absolute Gasteiger partial charge is 0.288 e. The Morgan fingerprint density at radius 1 is 0.885 bits per heavy atom. The zero-order valence-corrected chi connectivity index (χ0v) is 14.6. The first-order valence-electron chi connectivity index (χ1n) is 8.31. The fraction of sp³-hybridized carbons (Fsp3) is 0.0455. The lowest BCUT2D eigenvalue weighted by Gasteiger charge is -2.12. The Morgan fingerprint density at radius 2 is 1.58 bits per heavy atom. The van der Waals surface area contributed by atoms with E-state index in [-0.39, 0.29) is 5.78 Å². The predicted octanol–water partition coefficient (Wildman–Crippen LogP) is 5.11. The lowest BCUT2D eigenvalue weighted by molar-refractivity contribution is 0.103. The second-order valence-electron chi connectivity index (χ2n) is 5.98. The maximum atomic E-state index is 13.3. The molecule has 0 aliphatic rings. The van der Waals surface area contributed by atoms with Crippen LogP contribution in [0.5, 0.6) is 0 Å². The summed E-state index contributed by atoms with van der Waals surface area (Å²) < 4.78 is 0. The normalized spacial score (nSPS) is 10.8. The Bertz CT molecular complexity index is 1080. The van der Waals surface area contributed by atoms with E-state index in [9.17, 15) is 4.79 Å². The molecule has 26 heavy (non-hydrogen) atoms. The van der Waals surface area contributed by atoms with Crippen LogP contribution in [0.1, 0.15) is 27.2 Å². The van der Waals surface area contributed by atoms with Crippen molar-refractivity contribution in [1.29, 1.82) is 0 Å². The van der Waals surface area contributed by atoms with Crippen molar-refractivity contribution in [2.75, 3.05) is 0 Å². The van der Waals surface area contributed by atoms with Gasteiger partial charge in [0.15, 0.2) is 5.78 Å². The summed E-state index contributed by atoms with van der Waals surface area (Å²) in [5, 5.41) is 1.05. The van der Waals surface area contributed by atoms with Crippen molar-refractivity contribution in [3.63, 3.8) is 0 Å². The number of fused-ring (bicyclic) bond motifs is 1. The minimum atomic E-state index is -0.0932. The van der Waals surface area contributed by atoms with E-state index in [0.717, 1.165) is 5.56 Å². The fourth-order valence-corrected chi connectivity index (χ4v) is 3.29. The monoisotopic (exact) mass is 358 g/mol. The topological polar surface area (TPSA) is 42.9 Å². The summed E-state index contributed by atoms with van der Waals surface area (Å²) in [5.41, 5.74) is 3.42. The third-order valence-electron chi connectivity index (χ3n) is 4.27. The molecule has 0 atom stereocenters. The van der Waals surface area contributed by atoms with Crippen molar-refractivity contribution >= 4 is 28.3 Å². The highest BCUT2D eigenvalue weighted by Crippen LogP contribution is 2.28. The first-order valence-corrected chi connectivity index (χ1v) is 8.68. The van der Waals surface area contributed by atoms with Gasteiger partial charge in [-0.2, -0.15) is 0 Å². The molecule has 0 amide bonds. The molecule has 0 bridgehead atoms. The Kier molecular flexibility index (Phi) is 4.46. The number of carbonyl (C=O) groups is 1. The van der Waals surface area contributed by atoms with Crippen LogP contribution in [0.2, 0.25) is 5.15 Å². The van der Waals surface area contributed by atoms with E-state index in [2.05, 4.69) is 9.97 Å². The van der Waals surface area contributed by atoms with Gasteiger partial charge >= 0.3 is 0 Å². The maximum Gasteiger partial charge on any atom is 0.197 e. The highest BCUT2D eigenvalue weighted by Gasteiger charge is 2.21. The van der Waals surface area contributed by atoms with Crippen molar-refractivity contribution in [3.05, 3.63) is 107 Å². The third kappa shape index (κ3) is 3.09. The van der Waals surface area contributed by atoms with E-state index in [1.165, 1.54) is 0 Å². The van der Waals surface area contributed by atoms with Crippen molar-refractivity contribution in [2.24, 2.45) is 0 Å². The van der Waals surface area contributed by atoms with Crippen LogP contribution in [0.25, 0.3) is 10.9 Å². The fourth-order valence-electron chi connectivity index (χ4n) is 3.03. The zero-order valence-electron chi connectivity index (χ0n) is 13.9. The van der Waals surface area contributed by atoms with Crippen LogP contribution < -0.4 is 0 Å². The van der Waals surface area contributed by atoms with Crippen LogP contribution in [-0.4, -0.2) is 15.8 Å². The number of halogens is 1. The number of benzene rings is 2. The van der Waals surface area contributed by atoms with Crippen molar-refractivity contribution in [3.8, 4) is 0 Å². The molecular formula is C22H15ClN2O. The Hall–Kier alpha value is -3.04. The first-order chi connectivity index (χ1) is 12.7. The number of pyridine rings is 2. The molecule has 0 aliphatic carbocycles. The van der Waals surface area contributed by atoms with Crippen LogP contribution in [-0.2, 0) is 6.42 Å². The summed E-state index contributed by atoms with van der Waals surface area (Å²) in [6, 6.07) is 22.7. The van der Waals surface area contributed by atoms with E-state index in [4.69, 9.17) is 11.6 Å². The van der Waals surface area contributed by atoms with Gasteiger partial charge in [-0.3, -0.25) is 9.78 Å². The van der Waals surface area contributed by atoms with Crippen LogP contribution >= 0.6 is 11.6 Å². The number of hydrogen-bond donors (Lipinski definition) is 0. The van der Waals surface area contributed by atoms with Crippen LogP contribution in [0.3, 0.4) is 0 Å². The molecule has 2 aromatic carbocycles. The molecule has 4 rings (SSSR count). The summed E-state index contributed by atoms with van der Waals surface area (Å²) in [4.78, 5) is 22.3. The molecule has 0 saturated heterocycles. The van der Waals surface area contributed by atoms with E-state index < -0.39 is 0 Å². The molecule has 4 heteroatoms. The lowest BCUT2D eigenvalue weighted by Crippen LogP contribution is -2.10. The molecule has 0 spiro atoms. The number of rotatable bonds is 4. The molecule has 4 aromatic rings. The molecule has 0 unspecified atom stereocenters. The lowest BCUT2D eigenvalue weighted by atomic mass is 9.96. The summed E-state index contributed by atoms with van der Waals surface area (Å²) in [5.74, 6) is -0.0932. The molecule has 0 saturated carbocycles. The summed E-state index contributed by atoms with van der Waals surface area (Å²) >= 11 is 6.39. The highest BCUT2D eigenvalue weighted by atomic mass is 35.5. The second-order valence-corrected chi connectivity index (χ2v) is 6.34. The molecule has 2 heterocycles. The smallest absolute Gasteiger partial charge is 0.197 e. The van der Waals surface area contributed by atoms with Gasteiger partial charge in [0.2, 0.25) is 0 Å². The maximum absolute atomic E-state index is 13.3. The van der Waals surface area contributed by atoms with Gasteiger partial charge in [-0.05, 0) is 17.7 Å². The van der Waals surface area contributed by atoms with Crippen LogP contribution in [0.4, 0.5) is 0 Å². The Morgan fingerprint density at radius 3 is 2.31 bits per heavy atom. The first kappa shape index (κ1) is 16.4. The predicted molar refractivity (Wildman–Crippen MR) is 104 cm³/mol. The molecule has 2 aromatic heterocycles. The molecule has 0 aliphatic heterocycles. The average Bonchev–Trinajstić information content (AvgIpc) is 2.69. The number of hydrogen-bond acceptors (Lipinski definition) is 3. The van der Waals surface area contributed by atoms with Crippen molar-refractivity contribution in [2.45, 2.75) is 6.42 Å². The van der Waals surface area contributed by atoms with Crippen molar-refractivity contribution < 1.29 is 4.79 Å². The minimum absolute atomic E-state index is 0.0932. The SMILES string of the molecule is O=C(c1ccccc1)c1c(Cc2ccccc2)nc(Cl)c2cccnc12. The molecule has 3 nitrogen and oxygen atoms in total. The van der Waals surface area contributed by atoms with Gasteiger partial charge in [-0.25, -0.2) is 4.98 Å². The van der Waals surface area contributed by atoms with E-state index >= 15 is 0 Å². The minimum Gasteiger partial charge on any atom is -0.288 e. The number of aromatic nitrogens is 2. The average molecular weight is 359 g/mol. The Balaban J connectivity index is 1.94. The molecule has 0 N–H and O–H groups in total. The van der Waals surface area contributed by atoms with Gasteiger partial charge in [0.05, 0.1) is 16.8 Å². The van der Waals surface area contributed by atoms with E-state index in [0.29, 0.717) is 39.3 Å². The van der Waals surface area contributed by atoms with Gasteiger partial charge in [0.25, 0.3) is 0 Å². The van der Waals surface area contributed by atoms with Crippen LogP contribution in [0.15, 0.2) is 79.0 Å². The van der Waals surface area contributed by atoms with Gasteiger partial charge in [0, 0.05) is 23.6 Å². The van der Waals surface area contributed by atoms with E-state index in [1.54, 1.807) is 24.4 Å². The highest BCUT2D eigenvalue weighted by molar-refractivity contribution is 6.35. The van der Waals surface area contributed by atoms with Gasteiger partial charge < -0.3 is 0 Å². The van der Waals surface area contributed by atoms with Gasteiger partial charge in [0.1, 0.15) is 5.15 Å². The number of nitrogens with zero attached hydrogens (tertiary/aromatic N) is 2. The molecule has 0 fully saturated rings. The van der Waals surface area contributed by atoms with Crippen molar-refractivity contribution in [1.82, 2.24) is 9.97 Å². The number of ketones is 1. The van der Waals surface area contributed by atoms with Gasteiger partial charge in [-0.1, -0.05) is 72.3 Å². The van der Waals surface area contributed by atoms with E-state index in [1.807, 2.05) is 54.6 Å². The van der Waals surface area contributed by atoms with Crippen LogP contribution in [0, 0.1) is 0 Å². The summed E-state index contributed by atoms with van der Waals surface area (Å²) in [6.45, 7) is 0. The molecular weight excluding hydrogens is 344 g/mol. The van der Waals surface area contributed by atoms with Gasteiger partial charge in [-0.15, -0.1) is 0 Å². The summed E-state index contributed by atoms with van der Waals surface area (Å²) in [6.07, 6.45) is 2.19. The summed E-state index contributed by atoms with van der Waals surface area (Å²) in [7, 11) is 0. The standard InChI is InChI=1S/C22H15ClN2O/c23-22-17-12-7-13-24-20(17)19(21(26)16-10-5-2-6-11-16)18(25-22)14-15-8-3-1-4-9-15/h1-13H,14H2. The second kappa shape index (κ2) is 7.06.